The Morgan fingerprint density at radius 3 is 2.21 bits per heavy atom. The van der Waals surface area contributed by atoms with Crippen LogP contribution in [0.4, 0.5) is 0 Å². The molecule has 0 fully saturated rings. The molecule has 0 aliphatic heterocycles. The van der Waals surface area contributed by atoms with Gasteiger partial charge in [0.15, 0.2) is 0 Å². The second-order valence-electron chi connectivity index (χ2n) is 4.16. The zero-order valence-corrected chi connectivity index (χ0v) is 11.3. The molecule has 4 nitrogen and oxygen atoms in total. The van der Waals surface area contributed by atoms with Gasteiger partial charge in [-0.3, -0.25) is 4.98 Å². The van der Waals surface area contributed by atoms with E-state index in [0.29, 0.717) is 17.1 Å². The third kappa shape index (κ3) is 2.53. The van der Waals surface area contributed by atoms with Crippen LogP contribution in [0.1, 0.15) is 22.9 Å². The number of benzene rings is 1. The van der Waals surface area contributed by atoms with Gasteiger partial charge < -0.3 is 14.6 Å². The number of nitrogens with zero attached hydrogens (tertiary/aromatic N) is 1. The smallest absolute Gasteiger partial charge is 0.128 e. The maximum Gasteiger partial charge on any atom is 0.128 e. The van der Waals surface area contributed by atoms with E-state index >= 15 is 0 Å². The number of methoxy groups -OCH3 is 2. The Morgan fingerprint density at radius 1 is 1.05 bits per heavy atom. The average Bonchev–Trinajstić information content (AvgIpc) is 2.46. The topological polar surface area (TPSA) is 51.6 Å². The monoisotopic (exact) mass is 259 g/mol. The highest BCUT2D eigenvalue weighted by Gasteiger charge is 2.21. The van der Waals surface area contributed by atoms with E-state index in [1.165, 1.54) is 0 Å². The molecule has 1 aromatic heterocycles. The molecule has 1 heterocycles. The Labute approximate surface area is 112 Å². The van der Waals surface area contributed by atoms with Gasteiger partial charge in [0.05, 0.1) is 19.8 Å². The van der Waals surface area contributed by atoms with Crippen molar-refractivity contribution in [2.24, 2.45) is 0 Å². The van der Waals surface area contributed by atoms with Crippen LogP contribution >= 0.6 is 0 Å². The van der Waals surface area contributed by atoms with E-state index in [4.69, 9.17) is 9.47 Å². The quantitative estimate of drug-likeness (QED) is 0.916. The normalized spacial score (nSPS) is 12.0. The van der Waals surface area contributed by atoms with E-state index in [9.17, 15) is 5.11 Å². The maximum absolute atomic E-state index is 10.6. The molecule has 0 radical (unpaired) electrons. The molecule has 2 aromatic rings. The minimum atomic E-state index is -0.834. The SMILES string of the molecule is COc1cccc(OC)c1C(O)c1cccnc1C. The first-order chi connectivity index (χ1) is 9.19. The van der Waals surface area contributed by atoms with Gasteiger partial charge in [-0.1, -0.05) is 12.1 Å². The van der Waals surface area contributed by atoms with Crippen LogP contribution in [0.5, 0.6) is 11.5 Å². The van der Waals surface area contributed by atoms with Gasteiger partial charge in [0, 0.05) is 17.5 Å². The van der Waals surface area contributed by atoms with Crippen molar-refractivity contribution in [2.45, 2.75) is 13.0 Å². The molecule has 0 spiro atoms. The summed E-state index contributed by atoms with van der Waals surface area (Å²) in [6.07, 6.45) is 0.866. The lowest BCUT2D eigenvalue weighted by Gasteiger charge is -2.19. The number of hydrogen-bond donors (Lipinski definition) is 1. The van der Waals surface area contributed by atoms with E-state index in [-0.39, 0.29) is 0 Å². The van der Waals surface area contributed by atoms with Gasteiger partial charge >= 0.3 is 0 Å². The fourth-order valence-electron chi connectivity index (χ4n) is 2.09. The van der Waals surface area contributed by atoms with Crippen molar-refractivity contribution in [3.63, 3.8) is 0 Å². The molecule has 0 bridgehead atoms. The van der Waals surface area contributed by atoms with Crippen LogP contribution in [0.25, 0.3) is 0 Å². The Balaban J connectivity index is 2.55. The summed E-state index contributed by atoms with van der Waals surface area (Å²) < 4.78 is 10.6. The molecule has 19 heavy (non-hydrogen) atoms. The first-order valence-electron chi connectivity index (χ1n) is 5.99. The fourth-order valence-corrected chi connectivity index (χ4v) is 2.09. The molecule has 0 amide bonds. The zero-order chi connectivity index (χ0) is 13.8. The fraction of sp³-hybridized carbons (Fsp3) is 0.267. The van der Waals surface area contributed by atoms with Crippen molar-refractivity contribution in [3.05, 3.63) is 53.3 Å². The van der Waals surface area contributed by atoms with E-state index in [1.54, 1.807) is 38.6 Å². The lowest BCUT2D eigenvalue weighted by Crippen LogP contribution is -2.07. The number of pyridine rings is 1. The molecule has 1 atom stereocenters. The van der Waals surface area contributed by atoms with Crippen LogP contribution in [0, 0.1) is 6.92 Å². The number of aliphatic hydroxyl groups excluding tert-OH is 1. The minimum Gasteiger partial charge on any atom is -0.496 e. The zero-order valence-electron chi connectivity index (χ0n) is 11.3. The lowest BCUT2D eigenvalue weighted by atomic mass is 9.98. The number of hydrogen-bond acceptors (Lipinski definition) is 4. The van der Waals surface area contributed by atoms with Crippen molar-refractivity contribution >= 4 is 0 Å². The van der Waals surface area contributed by atoms with Gasteiger partial charge in [0.1, 0.15) is 17.6 Å². The standard InChI is InChI=1S/C15H17NO3/c1-10-11(6-5-9-16-10)15(17)14-12(18-2)7-4-8-13(14)19-3/h4-9,15,17H,1-3H3. The van der Waals surface area contributed by atoms with Gasteiger partial charge in [-0.15, -0.1) is 0 Å². The van der Waals surface area contributed by atoms with Crippen LogP contribution in [-0.2, 0) is 0 Å². The lowest BCUT2D eigenvalue weighted by molar-refractivity contribution is 0.207. The third-order valence-electron chi connectivity index (χ3n) is 3.08. The molecular formula is C15H17NO3. The summed E-state index contributed by atoms with van der Waals surface area (Å²) in [7, 11) is 3.14. The van der Waals surface area contributed by atoms with Crippen molar-refractivity contribution in [2.75, 3.05) is 14.2 Å². The summed E-state index contributed by atoms with van der Waals surface area (Å²) in [6.45, 7) is 1.86. The molecular weight excluding hydrogens is 242 g/mol. The number of aliphatic hydroxyl groups is 1. The van der Waals surface area contributed by atoms with Gasteiger partial charge in [0.2, 0.25) is 0 Å². The van der Waals surface area contributed by atoms with Crippen LogP contribution in [-0.4, -0.2) is 24.3 Å². The summed E-state index contributed by atoms with van der Waals surface area (Å²) in [5.41, 5.74) is 2.14. The number of aryl methyl sites for hydroxylation is 1. The molecule has 4 heteroatoms. The van der Waals surface area contributed by atoms with Crippen LogP contribution in [0.2, 0.25) is 0 Å². The van der Waals surface area contributed by atoms with E-state index in [2.05, 4.69) is 4.98 Å². The number of ether oxygens (including phenoxy) is 2. The third-order valence-corrected chi connectivity index (χ3v) is 3.08. The molecule has 0 aliphatic rings. The molecule has 1 unspecified atom stereocenters. The van der Waals surface area contributed by atoms with Gasteiger partial charge in [-0.05, 0) is 25.1 Å². The largest absolute Gasteiger partial charge is 0.496 e. The molecule has 2 rings (SSSR count). The Kier molecular flexibility index (Phi) is 4.02. The van der Waals surface area contributed by atoms with Crippen molar-refractivity contribution in [1.82, 2.24) is 4.98 Å². The predicted molar refractivity (Wildman–Crippen MR) is 72.6 cm³/mol. The molecule has 0 aliphatic carbocycles. The molecule has 0 saturated carbocycles. The second-order valence-corrected chi connectivity index (χ2v) is 4.16. The van der Waals surface area contributed by atoms with E-state index in [1.807, 2.05) is 19.1 Å². The van der Waals surface area contributed by atoms with Crippen molar-refractivity contribution in [3.8, 4) is 11.5 Å². The van der Waals surface area contributed by atoms with Gasteiger partial charge in [-0.2, -0.15) is 0 Å². The highest BCUT2D eigenvalue weighted by atomic mass is 16.5. The Hall–Kier alpha value is -2.07. The van der Waals surface area contributed by atoms with Crippen LogP contribution in [0.15, 0.2) is 36.5 Å². The maximum atomic E-state index is 10.6. The Bertz CT molecular complexity index is 547. The molecule has 0 saturated heterocycles. The molecule has 100 valence electrons. The van der Waals surface area contributed by atoms with E-state index < -0.39 is 6.10 Å². The van der Waals surface area contributed by atoms with Gasteiger partial charge in [0.25, 0.3) is 0 Å². The highest BCUT2D eigenvalue weighted by Crippen LogP contribution is 2.37. The minimum absolute atomic E-state index is 0.593. The van der Waals surface area contributed by atoms with Crippen molar-refractivity contribution < 1.29 is 14.6 Å². The predicted octanol–water partition coefficient (Wildman–Crippen LogP) is 2.49. The summed E-state index contributed by atoms with van der Waals surface area (Å²) in [5.74, 6) is 1.19. The summed E-state index contributed by atoms with van der Waals surface area (Å²) in [5, 5.41) is 10.6. The second kappa shape index (κ2) is 5.71. The summed E-state index contributed by atoms with van der Waals surface area (Å²) in [4.78, 5) is 4.20. The van der Waals surface area contributed by atoms with Crippen LogP contribution in [0.3, 0.4) is 0 Å². The van der Waals surface area contributed by atoms with Crippen LogP contribution < -0.4 is 9.47 Å². The summed E-state index contributed by atoms with van der Waals surface area (Å²) >= 11 is 0. The number of rotatable bonds is 4. The Morgan fingerprint density at radius 2 is 1.68 bits per heavy atom. The summed E-state index contributed by atoms with van der Waals surface area (Å²) in [6, 6.07) is 9.07. The van der Waals surface area contributed by atoms with Crippen molar-refractivity contribution in [1.29, 1.82) is 0 Å². The van der Waals surface area contributed by atoms with Gasteiger partial charge in [-0.25, -0.2) is 0 Å². The molecule has 1 aromatic carbocycles. The highest BCUT2D eigenvalue weighted by molar-refractivity contribution is 5.50. The first-order valence-corrected chi connectivity index (χ1v) is 5.99. The average molecular weight is 259 g/mol. The number of aromatic nitrogens is 1. The molecule has 1 N–H and O–H groups in total. The van der Waals surface area contributed by atoms with E-state index in [0.717, 1.165) is 11.3 Å². The first kappa shape index (κ1) is 13.4.